The number of rotatable bonds is 5. The number of nitrogens with one attached hydrogen (secondary N) is 1. The topological polar surface area (TPSA) is 38.3 Å². The van der Waals surface area contributed by atoms with Gasteiger partial charge in [-0.05, 0) is 30.3 Å². The monoisotopic (exact) mass is 343 g/mol. The molecular formula is C15H12ClF2NO2S. The third-order valence-electron chi connectivity index (χ3n) is 2.69. The zero-order chi connectivity index (χ0) is 16.1. The molecule has 0 saturated carbocycles. The van der Waals surface area contributed by atoms with Gasteiger partial charge >= 0.3 is 0 Å². The third kappa shape index (κ3) is 4.35. The van der Waals surface area contributed by atoms with E-state index in [0.717, 1.165) is 23.9 Å². The van der Waals surface area contributed by atoms with Gasteiger partial charge in [-0.2, -0.15) is 0 Å². The predicted molar refractivity (Wildman–Crippen MR) is 83.7 cm³/mol. The number of hydrogen-bond donors (Lipinski definition) is 1. The molecule has 1 amide bonds. The largest absolute Gasteiger partial charge is 0.495 e. The Morgan fingerprint density at radius 2 is 2.05 bits per heavy atom. The first-order valence-corrected chi connectivity index (χ1v) is 7.57. The third-order valence-corrected chi connectivity index (χ3v) is 3.97. The van der Waals surface area contributed by atoms with Crippen LogP contribution in [0.3, 0.4) is 0 Å². The number of methoxy groups -OCH3 is 1. The van der Waals surface area contributed by atoms with Crippen LogP contribution in [-0.2, 0) is 4.79 Å². The van der Waals surface area contributed by atoms with E-state index >= 15 is 0 Å². The van der Waals surface area contributed by atoms with Crippen LogP contribution in [0.1, 0.15) is 0 Å². The number of carbonyl (C=O) groups excluding carboxylic acids is 1. The molecule has 0 fully saturated rings. The smallest absolute Gasteiger partial charge is 0.234 e. The van der Waals surface area contributed by atoms with Gasteiger partial charge in [0.2, 0.25) is 5.91 Å². The van der Waals surface area contributed by atoms with Gasteiger partial charge in [0.05, 0.1) is 18.6 Å². The van der Waals surface area contributed by atoms with Crippen LogP contribution in [0.4, 0.5) is 14.5 Å². The number of hydrogen-bond acceptors (Lipinski definition) is 3. The lowest BCUT2D eigenvalue weighted by molar-refractivity contribution is -0.113. The molecule has 0 aromatic heterocycles. The van der Waals surface area contributed by atoms with E-state index in [-0.39, 0.29) is 16.6 Å². The molecule has 0 aliphatic carbocycles. The van der Waals surface area contributed by atoms with E-state index in [1.54, 1.807) is 18.2 Å². The van der Waals surface area contributed by atoms with Crippen molar-refractivity contribution in [1.29, 1.82) is 0 Å². The van der Waals surface area contributed by atoms with Crippen LogP contribution >= 0.6 is 23.4 Å². The first-order chi connectivity index (χ1) is 10.5. The van der Waals surface area contributed by atoms with Crippen molar-refractivity contribution in [3.05, 3.63) is 53.1 Å². The Hall–Kier alpha value is -1.79. The van der Waals surface area contributed by atoms with Gasteiger partial charge in [0.1, 0.15) is 17.4 Å². The minimum atomic E-state index is -0.696. The lowest BCUT2D eigenvalue weighted by Crippen LogP contribution is -2.14. The molecule has 0 aliphatic heterocycles. The summed E-state index contributed by atoms with van der Waals surface area (Å²) in [4.78, 5) is 12.1. The molecule has 1 N–H and O–H groups in total. The average Bonchev–Trinajstić information content (AvgIpc) is 2.46. The maximum atomic E-state index is 13.5. The van der Waals surface area contributed by atoms with E-state index in [2.05, 4.69) is 5.32 Å². The molecule has 0 atom stereocenters. The summed E-state index contributed by atoms with van der Waals surface area (Å²) in [7, 11) is 1.47. The molecule has 0 radical (unpaired) electrons. The minimum absolute atomic E-state index is 0.0295. The number of anilines is 1. The predicted octanol–water partition coefficient (Wildman–Crippen LogP) is 4.36. The van der Waals surface area contributed by atoms with Gasteiger partial charge in [-0.3, -0.25) is 4.79 Å². The van der Waals surface area contributed by atoms with E-state index in [9.17, 15) is 13.6 Å². The Morgan fingerprint density at radius 1 is 1.27 bits per heavy atom. The van der Waals surface area contributed by atoms with Crippen LogP contribution in [0.25, 0.3) is 0 Å². The number of halogens is 3. The first kappa shape index (κ1) is 16.6. The Kier molecular flexibility index (Phi) is 5.63. The van der Waals surface area contributed by atoms with E-state index in [4.69, 9.17) is 16.3 Å². The average molecular weight is 344 g/mol. The van der Waals surface area contributed by atoms with Crippen LogP contribution in [0.15, 0.2) is 41.3 Å². The van der Waals surface area contributed by atoms with E-state index in [0.29, 0.717) is 16.5 Å². The molecule has 116 valence electrons. The van der Waals surface area contributed by atoms with Crippen LogP contribution in [0.5, 0.6) is 5.75 Å². The Morgan fingerprint density at radius 3 is 2.73 bits per heavy atom. The Labute approximate surface area is 135 Å². The zero-order valence-electron chi connectivity index (χ0n) is 11.5. The van der Waals surface area contributed by atoms with Gasteiger partial charge in [-0.15, -0.1) is 11.8 Å². The highest BCUT2D eigenvalue weighted by Crippen LogP contribution is 2.28. The van der Waals surface area contributed by atoms with Gasteiger partial charge < -0.3 is 10.1 Å². The molecule has 3 nitrogen and oxygen atoms in total. The highest BCUT2D eigenvalue weighted by atomic mass is 35.5. The highest BCUT2D eigenvalue weighted by Gasteiger charge is 2.11. The fraction of sp³-hybridized carbons (Fsp3) is 0.133. The fourth-order valence-corrected chi connectivity index (χ4v) is 2.59. The van der Waals surface area contributed by atoms with Crippen molar-refractivity contribution >= 4 is 35.0 Å². The molecular weight excluding hydrogens is 332 g/mol. The van der Waals surface area contributed by atoms with E-state index < -0.39 is 11.6 Å². The number of thioether (sulfide) groups is 1. The summed E-state index contributed by atoms with van der Waals surface area (Å²) in [5, 5.41) is 3.09. The van der Waals surface area contributed by atoms with Gasteiger partial charge in [0, 0.05) is 16.0 Å². The molecule has 22 heavy (non-hydrogen) atoms. The van der Waals surface area contributed by atoms with Crippen LogP contribution < -0.4 is 10.1 Å². The SMILES string of the molecule is COc1ccc(Cl)cc1NC(=O)CSc1ccc(F)cc1F. The summed E-state index contributed by atoms with van der Waals surface area (Å²) < 4.78 is 31.4. The molecule has 2 aromatic rings. The lowest BCUT2D eigenvalue weighted by atomic mass is 10.3. The summed E-state index contributed by atoms with van der Waals surface area (Å²) >= 11 is 6.84. The number of ether oxygens (including phenoxy) is 1. The Balaban J connectivity index is 2.00. The molecule has 0 heterocycles. The highest BCUT2D eigenvalue weighted by molar-refractivity contribution is 8.00. The van der Waals surface area contributed by atoms with Crippen molar-refractivity contribution in [1.82, 2.24) is 0 Å². The lowest BCUT2D eigenvalue weighted by Gasteiger charge is -2.10. The molecule has 2 rings (SSSR count). The summed E-state index contributed by atoms with van der Waals surface area (Å²) in [5.41, 5.74) is 0.431. The number of amides is 1. The molecule has 0 saturated heterocycles. The first-order valence-electron chi connectivity index (χ1n) is 6.21. The second-order valence-electron chi connectivity index (χ2n) is 4.26. The fourth-order valence-electron chi connectivity index (χ4n) is 1.70. The van der Waals surface area contributed by atoms with Crippen molar-refractivity contribution in [3.8, 4) is 5.75 Å². The summed E-state index contributed by atoms with van der Waals surface area (Å²) in [6.07, 6.45) is 0. The zero-order valence-corrected chi connectivity index (χ0v) is 13.1. The van der Waals surface area contributed by atoms with Crippen molar-refractivity contribution in [2.24, 2.45) is 0 Å². The van der Waals surface area contributed by atoms with E-state index in [1.807, 2.05) is 0 Å². The van der Waals surface area contributed by atoms with E-state index in [1.165, 1.54) is 13.2 Å². The summed E-state index contributed by atoms with van der Waals surface area (Å²) in [6.45, 7) is 0. The Bertz CT molecular complexity index is 697. The standard InChI is InChI=1S/C15H12ClF2NO2S/c1-21-13-4-2-9(16)6-12(13)19-15(20)8-22-14-5-3-10(17)7-11(14)18/h2-7H,8H2,1H3,(H,19,20). The molecule has 7 heteroatoms. The summed E-state index contributed by atoms with van der Waals surface area (Å²) in [6, 6.07) is 8.04. The van der Waals surface area contributed by atoms with Crippen molar-refractivity contribution in [2.45, 2.75) is 4.90 Å². The number of carbonyl (C=O) groups is 1. The molecule has 2 aromatic carbocycles. The van der Waals surface area contributed by atoms with Gasteiger partial charge in [-0.25, -0.2) is 8.78 Å². The number of benzene rings is 2. The quantitative estimate of drug-likeness (QED) is 0.820. The van der Waals surface area contributed by atoms with Gasteiger partial charge in [0.15, 0.2) is 0 Å². The molecule has 0 aliphatic rings. The molecule has 0 unspecified atom stereocenters. The van der Waals surface area contributed by atoms with Crippen LogP contribution in [0.2, 0.25) is 5.02 Å². The second kappa shape index (κ2) is 7.47. The van der Waals surface area contributed by atoms with Crippen molar-refractivity contribution in [2.75, 3.05) is 18.2 Å². The molecule has 0 bridgehead atoms. The van der Waals surface area contributed by atoms with Gasteiger partial charge in [-0.1, -0.05) is 11.6 Å². The second-order valence-corrected chi connectivity index (χ2v) is 5.71. The maximum absolute atomic E-state index is 13.5. The maximum Gasteiger partial charge on any atom is 0.234 e. The minimum Gasteiger partial charge on any atom is -0.495 e. The molecule has 0 spiro atoms. The van der Waals surface area contributed by atoms with Crippen molar-refractivity contribution < 1.29 is 18.3 Å². The summed E-state index contributed by atoms with van der Waals surface area (Å²) in [5.74, 6) is -1.27. The van der Waals surface area contributed by atoms with Crippen LogP contribution in [0, 0.1) is 11.6 Å². The van der Waals surface area contributed by atoms with Gasteiger partial charge in [0.25, 0.3) is 0 Å². The normalized spacial score (nSPS) is 10.4. The van der Waals surface area contributed by atoms with Crippen molar-refractivity contribution in [3.63, 3.8) is 0 Å². The van der Waals surface area contributed by atoms with Crippen LogP contribution in [-0.4, -0.2) is 18.8 Å².